The number of rotatable bonds is 7. The molecule has 0 amide bonds. The van der Waals surface area contributed by atoms with Crippen molar-refractivity contribution in [3.8, 4) is 0 Å². The van der Waals surface area contributed by atoms with E-state index in [9.17, 15) is 0 Å². The molecule has 5 aliphatic rings. The van der Waals surface area contributed by atoms with Crippen LogP contribution in [-0.4, -0.2) is 0 Å². The van der Waals surface area contributed by atoms with Crippen molar-refractivity contribution in [2.24, 2.45) is 34.5 Å². The summed E-state index contributed by atoms with van der Waals surface area (Å²) < 4.78 is 0. The molecule has 0 aliphatic heterocycles. The zero-order valence-electron chi connectivity index (χ0n) is 18.7. The maximum Gasteiger partial charge on any atom is -0.0269 e. The van der Waals surface area contributed by atoms with Crippen molar-refractivity contribution in [1.82, 2.24) is 0 Å². The summed E-state index contributed by atoms with van der Waals surface area (Å²) in [6.07, 6.45) is 29.6. The van der Waals surface area contributed by atoms with Crippen LogP contribution in [0.5, 0.6) is 0 Å². The lowest BCUT2D eigenvalue weighted by atomic mass is 9.47. The summed E-state index contributed by atoms with van der Waals surface area (Å²) in [5, 5.41) is 0. The highest BCUT2D eigenvalue weighted by atomic mass is 14.6. The van der Waals surface area contributed by atoms with Crippen LogP contribution in [-0.2, 0) is 0 Å². The van der Waals surface area contributed by atoms with Crippen molar-refractivity contribution in [2.75, 3.05) is 0 Å². The summed E-state index contributed by atoms with van der Waals surface area (Å²) in [6.45, 7) is 4.75. The Kier molecular flexibility index (Phi) is 6.60. The molecule has 0 unspecified atom stereocenters. The minimum Gasteiger partial charge on any atom is -0.0654 e. The first kappa shape index (κ1) is 20.3. The van der Waals surface area contributed by atoms with Gasteiger partial charge in [0.1, 0.15) is 0 Å². The summed E-state index contributed by atoms with van der Waals surface area (Å²) >= 11 is 0. The standard InChI is InChI=1S/C27H48/c1-3-5-15-26-16-19-27(20-17-26,21-18-26)25-13-11-24(12-14-25)23-9-7-22(6-4-2)8-10-23/h22-25H,3-21H2,1-2H3/t22-,23-,24?,25?,26?,27?. The van der Waals surface area contributed by atoms with Gasteiger partial charge >= 0.3 is 0 Å². The summed E-state index contributed by atoms with van der Waals surface area (Å²) in [7, 11) is 0. The van der Waals surface area contributed by atoms with E-state index in [1.165, 1.54) is 25.7 Å². The molecule has 0 aromatic heterocycles. The maximum atomic E-state index is 2.38. The second-order valence-electron chi connectivity index (χ2n) is 11.6. The fraction of sp³-hybridized carbons (Fsp3) is 1.00. The maximum absolute atomic E-state index is 2.38. The second kappa shape index (κ2) is 8.79. The van der Waals surface area contributed by atoms with Gasteiger partial charge in [0, 0.05) is 0 Å². The summed E-state index contributed by atoms with van der Waals surface area (Å²) in [5.41, 5.74) is 1.60. The van der Waals surface area contributed by atoms with Crippen molar-refractivity contribution in [1.29, 1.82) is 0 Å². The quantitative estimate of drug-likeness (QED) is 0.418. The highest BCUT2D eigenvalue weighted by Crippen LogP contribution is 2.63. The van der Waals surface area contributed by atoms with Gasteiger partial charge in [-0.15, -0.1) is 0 Å². The molecule has 0 saturated heterocycles. The smallest absolute Gasteiger partial charge is 0.0269 e. The van der Waals surface area contributed by atoms with Gasteiger partial charge in [0.15, 0.2) is 0 Å². The van der Waals surface area contributed by atoms with Crippen molar-refractivity contribution in [2.45, 2.75) is 136 Å². The predicted octanol–water partition coefficient (Wildman–Crippen LogP) is 8.93. The average molecular weight is 373 g/mol. The zero-order chi connectivity index (χ0) is 18.7. The van der Waals surface area contributed by atoms with Gasteiger partial charge in [-0.1, -0.05) is 52.4 Å². The number of fused-ring (bicyclic) bond motifs is 3. The Labute approximate surface area is 170 Å². The van der Waals surface area contributed by atoms with E-state index in [1.807, 2.05) is 0 Å². The largest absolute Gasteiger partial charge is 0.0654 e. The molecular formula is C27H48. The Bertz CT molecular complexity index is 422. The minimum atomic E-state index is 0.798. The highest BCUT2D eigenvalue weighted by molar-refractivity contribution is 5.03. The minimum absolute atomic E-state index is 0.798. The molecule has 27 heavy (non-hydrogen) atoms. The molecule has 0 heteroatoms. The number of hydrogen-bond acceptors (Lipinski definition) is 0. The number of hydrogen-bond donors (Lipinski definition) is 0. The molecule has 0 atom stereocenters. The van der Waals surface area contributed by atoms with E-state index in [2.05, 4.69) is 13.8 Å². The molecule has 0 radical (unpaired) electrons. The van der Waals surface area contributed by atoms with Gasteiger partial charge < -0.3 is 0 Å². The van der Waals surface area contributed by atoms with Crippen molar-refractivity contribution in [3.63, 3.8) is 0 Å². The first-order chi connectivity index (χ1) is 13.2. The fourth-order valence-electron chi connectivity index (χ4n) is 8.39. The van der Waals surface area contributed by atoms with Crippen LogP contribution >= 0.6 is 0 Å². The average Bonchev–Trinajstić information content (AvgIpc) is 2.75. The van der Waals surface area contributed by atoms with E-state index in [0.717, 1.165) is 34.5 Å². The Balaban J connectivity index is 1.25. The lowest BCUT2D eigenvalue weighted by molar-refractivity contribution is -0.0678. The van der Waals surface area contributed by atoms with Crippen LogP contribution < -0.4 is 0 Å². The van der Waals surface area contributed by atoms with Gasteiger partial charge in [-0.3, -0.25) is 0 Å². The third kappa shape index (κ3) is 4.30. The summed E-state index contributed by atoms with van der Waals surface area (Å²) in [6, 6.07) is 0. The van der Waals surface area contributed by atoms with Crippen molar-refractivity contribution < 1.29 is 0 Å². The van der Waals surface area contributed by atoms with E-state index in [4.69, 9.17) is 0 Å². The summed E-state index contributed by atoms with van der Waals surface area (Å²) in [5.74, 6) is 4.40. The van der Waals surface area contributed by atoms with E-state index < -0.39 is 0 Å². The number of unbranched alkanes of at least 4 members (excludes halogenated alkanes) is 1. The van der Waals surface area contributed by atoms with Crippen LogP contribution in [0.1, 0.15) is 136 Å². The monoisotopic (exact) mass is 372 g/mol. The fourth-order valence-corrected chi connectivity index (χ4v) is 8.39. The van der Waals surface area contributed by atoms with Crippen LogP contribution in [0, 0.1) is 34.5 Å². The first-order valence-electron chi connectivity index (χ1n) is 13.2. The van der Waals surface area contributed by atoms with Crippen LogP contribution in [0.3, 0.4) is 0 Å². The van der Waals surface area contributed by atoms with Crippen LogP contribution in [0.15, 0.2) is 0 Å². The summed E-state index contributed by atoms with van der Waals surface area (Å²) in [4.78, 5) is 0. The molecule has 5 aliphatic carbocycles. The van der Waals surface area contributed by atoms with E-state index in [1.54, 1.807) is 96.3 Å². The third-order valence-electron chi connectivity index (χ3n) is 10.4. The Morgan fingerprint density at radius 1 is 0.630 bits per heavy atom. The van der Waals surface area contributed by atoms with Gasteiger partial charge in [-0.25, -0.2) is 0 Å². The van der Waals surface area contributed by atoms with E-state index in [-0.39, 0.29) is 0 Å². The molecule has 5 rings (SSSR count). The van der Waals surface area contributed by atoms with Crippen molar-refractivity contribution in [3.05, 3.63) is 0 Å². The molecule has 5 saturated carbocycles. The van der Waals surface area contributed by atoms with Crippen molar-refractivity contribution >= 4 is 0 Å². The molecule has 0 heterocycles. The molecule has 0 N–H and O–H groups in total. The second-order valence-corrected chi connectivity index (χ2v) is 11.6. The van der Waals surface area contributed by atoms with Gasteiger partial charge in [-0.05, 0) is 118 Å². The van der Waals surface area contributed by atoms with Crippen LogP contribution in [0.25, 0.3) is 0 Å². The predicted molar refractivity (Wildman–Crippen MR) is 118 cm³/mol. The topological polar surface area (TPSA) is 0 Å². The zero-order valence-corrected chi connectivity index (χ0v) is 18.7. The Hall–Kier alpha value is 0. The first-order valence-corrected chi connectivity index (χ1v) is 13.2. The molecule has 0 spiro atoms. The molecule has 5 fully saturated rings. The lowest BCUT2D eigenvalue weighted by Crippen LogP contribution is -2.46. The normalized spacial score (nSPS) is 45.1. The van der Waals surface area contributed by atoms with Gasteiger partial charge in [0.2, 0.25) is 0 Å². The molecule has 0 nitrogen and oxygen atoms in total. The molecular weight excluding hydrogens is 324 g/mol. The van der Waals surface area contributed by atoms with Gasteiger partial charge in [0.05, 0.1) is 0 Å². The molecule has 2 bridgehead atoms. The Morgan fingerprint density at radius 3 is 1.70 bits per heavy atom. The lowest BCUT2D eigenvalue weighted by Gasteiger charge is -2.58. The molecule has 0 aromatic rings. The van der Waals surface area contributed by atoms with E-state index in [0.29, 0.717) is 0 Å². The molecule has 0 aromatic carbocycles. The third-order valence-corrected chi connectivity index (χ3v) is 10.4. The highest BCUT2D eigenvalue weighted by Gasteiger charge is 2.51. The van der Waals surface area contributed by atoms with Gasteiger partial charge in [-0.2, -0.15) is 0 Å². The molecule has 156 valence electrons. The van der Waals surface area contributed by atoms with E-state index >= 15 is 0 Å². The Morgan fingerprint density at radius 2 is 1.19 bits per heavy atom. The van der Waals surface area contributed by atoms with Crippen LogP contribution in [0.2, 0.25) is 0 Å². The van der Waals surface area contributed by atoms with Gasteiger partial charge in [0.25, 0.3) is 0 Å². The SMILES string of the molecule is CCCCC12CCC(C3CCC([C@H]4CC[C@H](CCC)CC4)CC3)(CC1)CC2. The van der Waals surface area contributed by atoms with Crippen LogP contribution in [0.4, 0.5) is 0 Å².